The van der Waals surface area contributed by atoms with Gasteiger partial charge in [0.15, 0.2) is 0 Å². The van der Waals surface area contributed by atoms with Gasteiger partial charge in [-0.25, -0.2) is 0 Å². The number of aryl methyl sites for hydroxylation is 1. The van der Waals surface area contributed by atoms with Crippen LogP contribution in [0.25, 0.3) is 0 Å². The van der Waals surface area contributed by atoms with Crippen LogP contribution >= 0.6 is 11.8 Å². The molecule has 1 aliphatic rings. The van der Waals surface area contributed by atoms with E-state index in [1.54, 1.807) is 12.0 Å². The lowest BCUT2D eigenvalue weighted by Gasteiger charge is -2.31. The van der Waals surface area contributed by atoms with Crippen LogP contribution in [0.15, 0.2) is 53.4 Å². The van der Waals surface area contributed by atoms with Crippen LogP contribution in [0.1, 0.15) is 50.2 Å². The van der Waals surface area contributed by atoms with Crippen molar-refractivity contribution in [2.75, 3.05) is 12.9 Å². The lowest BCUT2D eigenvalue weighted by molar-refractivity contribution is -0.139. The summed E-state index contributed by atoms with van der Waals surface area (Å²) in [5.74, 6) is 0.898. The fraction of sp³-hybridized carbons (Fsp3) is 0.462. The van der Waals surface area contributed by atoms with Gasteiger partial charge in [0.2, 0.25) is 11.8 Å². The zero-order valence-electron chi connectivity index (χ0n) is 19.3. The first-order valence-electron chi connectivity index (χ1n) is 11.4. The van der Waals surface area contributed by atoms with Gasteiger partial charge in [0.25, 0.3) is 0 Å². The van der Waals surface area contributed by atoms with Crippen LogP contribution in [0.2, 0.25) is 0 Å². The highest BCUT2D eigenvalue weighted by Gasteiger charge is 2.28. The first kappa shape index (κ1) is 24.2. The van der Waals surface area contributed by atoms with Crippen LogP contribution in [-0.4, -0.2) is 41.7 Å². The molecule has 3 rings (SSSR count). The summed E-state index contributed by atoms with van der Waals surface area (Å²) >= 11 is 1.50. The molecular weight excluding hydrogens is 420 g/mol. The molecule has 0 heterocycles. The maximum Gasteiger partial charge on any atom is 0.242 e. The fourth-order valence-electron chi connectivity index (χ4n) is 3.98. The van der Waals surface area contributed by atoms with Gasteiger partial charge in [0.1, 0.15) is 11.8 Å². The van der Waals surface area contributed by atoms with Gasteiger partial charge in [-0.05, 0) is 56.5 Å². The van der Waals surface area contributed by atoms with Crippen molar-refractivity contribution in [3.63, 3.8) is 0 Å². The summed E-state index contributed by atoms with van der Waals surface area (Å²) in [7, 11) is 1.63. The summed E-state index contributed by atoms with van der Waals surface area (Å²) < 4.78 is 5.33. The van der Waals surface area contributed by atoms with Crippen LogP contribution in [-0.2, 0) is 16.1 Å². The van der Waals surface area contributed by atoms with Gasteiger partial charge in [-0.15, -0.1) is 11.8 Å². The number of hydrogen-bond donors (Lipinski definition) is 1. The molecule has 32 heavy (non-hydrogen) atoms. The number of hydrogen-bond acceptors (Lipinski definition) is 4. The van der Waals surface area contributed by atoms with E-state index in [0.29, 0.717) is 6.54 Å². The molecule has 1 saturated carbocycles. The normalized spacial score (nSPS) is 15.1. The third kappa shape index (κ3) is 7.02. The Kier molecular flexibility index (Phi) is 9.03. The molecule has 5 nitrogen and oxygen atoms in total. The van der Waals surface area contributed by atoms with Crippen molar-refractivity contribution in [1.29, 1.82) is 0 Å². The largest absolute Gasteiger partial charge is 0.497 e. The van der Waals surface area contributed by atoms with Gasteiger partial charge in [-0.3, -0.25) is 9.59 Å². The second kappa shape index (κ2) is 12.0. The number of ether oxygens (including phenoxy) is 1. The third-order valence-electron chi connectivity index (χ3n) is 5.99. The Labute approximate surface area is 195 Å². The summed E-state index contributed by atoms with van der Waals surface area (Å²) in [5, 5.41) is 3.18. The van der Waals surface area contributed by atoms with Crippen molar-refractivity contribution < 1.29 is 14.3 Å². The third-order valence-corrected chi connectivity index (χ3v) is 6.99. The van der Waals surface area contributed by atoms with Crippen molar-refractivity contribution in [3.05, 3.63) is 59.7 Å². The lowest BCUT2D eigenvalue weighted by atomic mass is 9.95. The van der Waals surface area contributed by atoms with E-state index >= 15 is 0 Å². The van der Waals surface area contributed by atoms with Crippen LogP contribution in [0, 0.1) is 6.92 Å². The summed E-state index contributed by atoms with van der Waals surface area (Å²) in [5.41, 5.74) is 2.13. The quantitative estimate of drug-likeness (QED) is 0.544. The Morgan fingerprint density at radius 3 is 2.53 bits per heavy atom. The Morgan fingerprint density at radius 1 is 1.12 bits per heavy atom. The van der Waals surface area contributed by atoms with Gasteiger partial charge in [0.05, 0.1) is 12.9 Å². The fourth-order valence-corrected chi connectivity index (χ4v) is 4.77. The second-order valence-corrected chi connectivity index (χ2v) is 9.54. The zero-order valence-corrected chi connectivity index (χ0v) is 20.1. The van der Waals surface area contributed by atoms with Crippen molar-refractivity contribution in [1.82, 2.24) is 10.2 Å². The van der Waals surface area contributed by atoms with Crippen molar-refractivity contribution in [2.24, 2.45) is 0 Å². The van der Waals surface area contributed by atoms with Crippen molar-refractivity contribution >= 4 is 23.6 Å². The standard InChI is InChI=1S/C26H34N2O3S/c1-19-12-14-24(15-13-19)32-18-25(29)28(17-21-8-7-11-23(16-21)31-3)20(2)26(30)27-22-9-5-4-6-10-22/h7-8,11-16,20,22H,4-6,9-10,17-18H2,1-3H3,(H,27,30). The Hall–Kier alpha value is -2.47. The Bertz CT molecular complexity index is 894. The van der Waals surface area contributed by atoms with E-state index in [2.05, 4.69) is 5.32 Å². The van der Waals surface area contributed by atoms with E-state index < -0.39 is 6.04 Å². The van der Waals surface area contributed by atoms with Crippen LogP contribution < -0.4 is 10.1 Å². The van der Waals surface area contributed by atoms with Gasteiger partial charge >= 0.3 is 0 Å². The Balaban J connectivity index is 1.71. The molecule has 0 spiro atoms. The van der Waals surface area contributed by atoms with Crippen LogP contribution in [0.3, 0.4) is 0 Å². The molecule has 0 radical (unpaired) electrons. The molecule has 0 bridgehead atoms. The number of carbonyl (C=O) groups is 2. The number of nitrogens with zero attached hydrogens (tertiary/aromatic N) is 1. The van der Waals surface area contributed by atoms with Gasteiger partial charge in [0, 0.05) is 17.5 Å². The highest BCUT2D eigenvalue weighted by atomic mass is 32.2. The van der Waals surface area contributed by atoms with E-state index in [4.69, 9.17) is 4.74 Å². The number of carbonyl (C=O) groups excluding carboxylic acids is 2. The van der Waals surface area contributed by atoms with E-state index in [0.717, 1.165) is 41.9 Å². The highest BCUT2D eigenvalue weighted by molar-refractivity contribution is 8.00. The first-order chi connectivity index (χ1) is 15.5. The SMILES string of the molecule is COc1cccc(CN(C(=O)CSc2ccc(C)cc2)C(C)C(=O)NC2CCCCC2)c1. The number of methoxy groups -OCH3 is 1. The smallest absolute Gasteiger partial charge is 0.242 e. The van der Waals surface area contributed by atoms with E-state index in [9.17, 15) is 9.59 Å². The average molecular weight is 455 g/mol. The molecule has 0 saturated heterocycles. The molecular formula is C26H34N2O3S. The minimum atomic E-state index is -0.547. The zero-order chi connectivity index (χ0) is 22.9. The molecule has 0 aromatic heterocycles. The number of nitrogens with one attached hydrogen (secondary N) is 1. The van der Waals surface area contributed by atoms with Gasteiger partial charge < -0.3 is 15.0 Å². The van der Waals surface area contributed by atoms with E-state index in [1.807, 2.05) is 62.4 Å². The number of amides is 2. The summed E-state index contributed by atoms with van der Waals surface area (Å²) in [6.07, 6.45) is 5.58. The van der Waals surface area contributed by atoms with Crippen LogP contribution in [0.5, 0.6) is 5.75 Å². The molecule has 2 aromatic carbocycles. The maximum atomic E-state index is 13.3. The van der Waals surface area contributed by atoms with E-state index in [1.165, 1.54) is 23.7 Å². The minimum Gasteiger partial charge on any atom is -0.497 e. The Morgan fingerprint density at radius 2 is 1.84 bits per heavy atom. The van der Waals surface area contributed by atoms with Gasteiger partial charge in [-0.2, -0.15) is 0 Å². The topological polar surface area (TPSA) is 58.6 Å². The molecule has 1 aliphatic carbocycles. The number of thioether (sulfide) groups is 1. The first-order valence-corrected chi connectivity index (χ1v) is 12.4. The van der Waals surface area contributed by atoms with E-state index in [-0.39, 0.29) is 23.6 Å². The average Bonchev–Trinajstić information content (AvgIpc) is 2.82. The molecule has 1 atom stereocenters. The molecule has 2 amide bonds. The number of benzene rings is 2. The van der Waals surface area contributed by atoms with Gasteiger partial charge in [-0.1, -0.05) is 49.1 Å². The summed E-state index contributed by atoms with van der Waals surface area (Å²) in [4.78, 5) is 29.1. The minimum absolute atomic E-state index is 0.0512. The molecule has 172 valence electrons. The maximum absolute atomic E-state index is 13.3. The molecule has 0 aliphatic heterocycles. The molecule has 6 heteroatoms. The summed E-state index contributed by atoms with van der Waals surface area (Å²) in [6.45, 7) is 4.23. The predicted molar refractivity (Wildman–Crippen MR) is 130 cm³/mol. The summed E-state index contributed by atoms with van der Waals surface area (Å²) in [6, 6.07) is 15.5. The van der Waals surface area contributed by atoms with Crippen molar-refractivity contribution in [3.8, 4) is 5.75 Å². The molecule has 2 aromatic rings. The predicted octanol–water partition coefficient (Wildman–Crippen LogP) is 4.96. The van der Waals surface area contributed by atoms with Crippen LogP contribution in [0.4, 0.5) is 0 Å². The van der Waals surface area contributed by atoms with Crippen molar-refractivity contribution in [2.45, 2.75) is 69.5 Å². The number of rotatable bonds is 9. The monoisotopic (exact) mass is 454 g/mol. The highest BCUT2D eigenvalue weighted by Crippen LogP contribution is 2.22. The molecule has 1 unspecified atom stereocenters. The lowest BCUT2D eigenvalue weighted by Crippen LogP contribution is -2.50. The molecule has 1 fully saturated rings. The second-order valence-electron chi connectivity index (χ2n) is 8.49. The molecule has 1 N–H and O–H groups in total.